The van der Waals surface area contributed by atoms with Crippen molar-refractivity contribution < 1.29 is 4.74 Å². The van der Waals surface area contributed by atoms with Crippen LogP contribution >= 0.6 is 15.9 Å². The van der Waals surface area contributed by atoms with E-state index in [4.69, 9.17) is 10.5 Å². The Bertz CT molecular complexity index is 394. The molecule has 1 rings (SSSR count). The Morgan fingerprint density at radius 3 is 3.06 bits per heavy atom. The first-order chi connectivity index (χ1) is 7.70. The van der Waals surface area contributed by atoms with E-state index >= 15 is 0 Å². The maximum atomic E-state index is 11.8. The summed E-state index contributed by atoms with van der Waals surface area (Å²) in [4.78, 5) is 11.8. The normalized spacial score (nSPS) is 10.4. The Morgan fingerprint density at radius 2 is 2.44 bits per heavy atom. The number of aromatic nitrogens is 2. The van der Waals surface area contributed by atoms with Crippen molar-refractivity contribution in [2.75, 3.05) is 32.1 Å². The highest BCUT2D eigenvalue weighted by Crippen LogP contribution is 2.15. The molecule has 0 radical (unpaired) electrons. The van der Waals surface area contributed by atoms with Crippen LogP contribution in [-0.2, 0) is 11.3 Å². The van der Waals surface area contributed by atoms with Gasteiger partial charge in [-0.05, 0) is 15.9 Å². The molecule has 0 aliphatic heterocycles. The summed E-state index contributed by atoms with van der Waals surface area (Å²) >= 11 is 3.24. The summed E-state index contributed by atoms with van der Waals surface area (Å²) in [5.41, 5.74) is 5.84. The van der Waals surface area contributed by atoms with E-state index in [1.54, 1.807) is 13.3 Å². The minimum Gasteiger partial charge on any atom is -0.383 e. The van der Waals surface area contributed by atoms with Crippen LogP contribution in [-0.4, -0.2) is 36.6 Å². The lowest BCUT2D eigenvalue weighted by atomic mass is 10.4. The topological polar surface area (TPSA) is 82.2 Å². The van der Waals surface area contributed by atoms with E-state index in [-0.39, 0.29) is 5.56 Å². The lowest BCUT2D eigenvalue weighted by Gasteiger charge is -2.09. The van der Waals surface area contributed by atoms with Gasteiger partial charge in [-0.3, -0.25) is 4.79 Å². The van der Waals surface area contributed by atoms with E-state index < -0.39 is 0 Å². The van der Waals surface area contributed by atoms with E-state index in [1.807, 2.05) is 0 Å². The number of nitrogens with one attached hydrogen (secondary N) is 1. The molecule has 1 aromatic rings. The molecule has 0 spiro atoms. The molecule has 0 amide bonds. The van der Waals surface area contributed by atoms with E-state index in [9.17, 15) is 4.79 Å². The zero-order valence-electron chi connectivity index (χ0n) is 9.07. The first-order valence-corrected chi connectivity index (χ1v) is 5.68. The summed E-state index contributed by atoms with van der Waals surface area (Å²) in [7, 11) is 1.58. The van der Waals surface area contributed by atoms with Crippen molar-refractivity contribution in [3.8, 4) is 0 Å². The van der Waals surface area contributed by atoms with Crippen LogP contribution in [0.15, 0.2) is 15.5 Å². The molecule has 0 aliphatic rings. The third kappa shape index (κ3) is 3.29. The van der Waals surface area contributed by atoms with Crippen LogP contribution in [0.5, 0.6) is 0 Å². The third-order valence-electron chi connectivity index (χ3n) is 1.95. The van der Waals surface area contributed by atoms with Crippen LogP contribution in [0.1, 0.15) is 0 Å². The lowest BCUT2D eigenvalue weighted by Crippen LogP contribution is -2.26. The standard InChI is InChI=1S/C9H15BrN4O2/c1-16-5-4-14-9(15)8(10)7(6-13-14)12-3-2-11/h6,12H,2-5,11H2,1H3. The van der Waals surface area contributed by atoms with E-state index in [0.717, 1.165) is 0 Å². The van der Waals surface area contributed by atoms with Gasteiger partial charge in [-0.2, -0.15) is 5.10 Å². The first-order valence-electron chi connectivity index (χ1n) is 4.89. The second-order valence-electron chi connectivity index (χ2n) is 3.11. The Labute approximate surface area is 102 Å². The van der Waals surface area contributed by atoms with Gasteiger partial charge in [0, 0.05) is 20.2 Å². The first kappa shape index (κ1) is 13.1. The fourth-order valence-corrected chi connectivity index (χ4v) is 1.58. The van der Waals surface area contributed by atoms with Gasteiger partial charge < -0.3 is 15.8 Å². The van der Waals surface area contributed by atoms with E-state index in [0.29, 0.717) is 36.4 Å². The molecule has 0 saturated carbocycles. The second kappa shape index (κ2) is 6.62. The van der Waals surface area contributed by atoms with Gasteiger partial charge in [-0.1, -0.05) is 0 Å². The number of methoxy groups -OCH3 is 1. The van der Waals surface area contributed by atoms with Crippen LogP contribution in [0.25, 0.3) is 0 Å². The van der Waals surface area contributed by atoms with Gasteiger partial charge >= 0.3 is 0 Å². The monoisotopic (exact) mass is 290 g/mol. The average Bonchev–Trinajstić information content (AvgIpc) is 2.30. The maximum Gasteiger partial charge on any atom is 0.283 e. The predicted molar refractivity (Wildman–Crippen MR) is 65.6 cm³/mol. The van der Waals surface area contributed by atoms with Gasteiger partial charge in [-0.15, -0.1) is 0 Å². The number of hydrogen-bond donors (Lipinski definition) is 2. The minimum atomic E-state index is -0.181. The van der Waals surface area contributed by atoms with Crippen LogP contribution in [0, 0.1) is 0 Å². The summed E-state index contributed by atoms with van der Waals surface area (Å²) in [6, 6.07) is 0. The molecule has 0 saturated heterocycles. The highest BCUT2D eigenvalue weighted by molar-refractivity contribution is 9.10. The number of nitrogens with zero attached hydrogens (tertiary/aromatic N) is 2. The molecule has 0 fully saturated rings. The smallest absolute Gasteiger partial charge is 0.283 e. The van der Waals surface area contributed by atoms with Gasteiger partial charge in [0.2, 0.25) is 0 Å². The minimum absolute atomic E-state index is 0.181. The van der Waals surface area contributed by atoms with Gasteiger partial charge in [0.1, 0.15) is 4.47 Å². The SMILES string of the molecule is COCCn1ncc(NCCN)c(Br)c1=O. The lowest BCUT2D eigenvalue weighted by molar-refractivity contribution is 0.181. The number of nitrogens with two attached hydrogens (primary N) is 1. The number of halogens is 1. The van der Waals surface area contributed by atoms with Crippen molar-refractivity contribution in [2.45, 2.75) is 6.54 Å². The molecule has 0 aliphatic carbocycles. The maximum absolute atomic E-state index is 11.8. The molecule has 16 heavy (non-hydrogen) atoms. The zero-order valence-corrected chi connectivity index (χ0v) is 10.7. The Morgan fingerprint density at radius 1 is 1.69 bits per heavy atom. The molecular weight excluding hydrogens is 276 g/mol. The average molecular weight is 291 g/mol. The van der Waals surface area contributed by atoms with Crippen LogP contribution in [0.3, 0.4) is 0 Å². The molecule has 7 heteroatoms. The van der Waals surface area contributed by atoms with Gasteiger partial charge in [0.05, 0.1) is 25.0 Å². The summed E-state index contributed by atoms with van der Waals surface area (Å²) < 4.78 is 6.70. The molecule has 90 valence electrons. The Hall–Kier alpha value is -0.920. The predicted octanol–water partition coefficient (Wildman–Crippen LogP) is 0.0228. The largest absolute Gasteiger partial charge is 0.383 e. The molecule has 1 heterocycles. The highest BCUT2D eigenvalue weighted by atomic mass is 79.9. The van der Waals surface area contributed by atoms with Gasteiger partial charge in [0.25, 0.3) is 5.56 Å². The van der Waals surface area contributed by atoms with Crippen molar-refractivity contribution >= 4 is 21.6 Å². The molecule has 3 N–H and O–H groups in total. The summed E-state index contributed by atoms with van der Waals surface area (Å²) in [5.74, 6) is 0. The van der Waals surface area contributed by atoms with Crippen molar-refractivity contribution in [3.05, 3.63) is 21.0 Å². The second-order valence-corrected chi connectivity index (χ2v) is 3.90. The van der Waals surface area contributed by atoms with Crippen molar-refractivity contribution in [1.29, 1.82) is 0 Å². The molecular formula is C9H15BrN4O2. The molecule has 0 unspecified atom stereocenters. The molecule has 0 atom stereocenters. The number of ether oxygens (including phenoxy) is 1. The van der Waals surface area contributed by atoms with Crippen LogP contribution in [0.2, 0.25) is 0 Å². The molecule has 6 nitrogen and oxygen atoms in total. The van der Waals surface area contributed by atoms with Crippen molar-refractivity contribution in [3.63, 3.8) is 0 Å². The number of rotatable bonds is 6. The Balaban J connectivity index is 2.85. The Kier molecular flexibility index (Phi) is 5.44. The number of hydrogen-bond acceptors (Lipinski definition) is 5. The van der Waals surface area contributed by atoms with E-state index in [2.05, 4.69) is 26.3 Å². The summed E-state index contributed by atoms with van der Waals surface area (Å²) in [6.07, 6.45) is 1.59. The molecule has 0 aromatic carbocycles. The van der Waals surface area contributed by atoms with Crippen LogP contribution < -0.4 is 16.6 Å². The van der Waals surface area contributed by atoms with Crippen molar-refractivity contribution in [1.82, 2.24) is 9.78 Å². The zero-order chi connectivity index (χ0) is 12.0. The molecule has 0 bridgehead atoms. The van der Waals surface area contributed by atoms with Crippen LogP contribution in [0.4, 0.5) is 5.69 Å². The van der Waals surface area contributed by atoms with Gasteiger partial charge in [-0.25, -0.2) is 4.68 Å². The molecule has 1 aromatic heterocycles. The van der Waals surface area contributed by atoms with Gasteiger partial charge in [0.15, 0.2) is 0 Å². The number of anilines is 1. The van der Waals surface area contributed by atoms with E-state index in [1.165, 1.54) is 4.68 Å². The fourth-order valence-electron chi connectivity index (χ4n) is 1.13. The summed E-state index contributed by atoms with van der Waals surface area (Å²) in [5, 5.41) is 7.03. The highest BCUT2D eigenvalue weighted by Gasteiger charge is 2.07. The quantitative estimate of drug-likeness (QED) is 0.772. The third-order valence-corrected chi connectivity index (χ3v) is 2.72. The fraction of sp³-hybridized carbons (Fsp3) is 0.556. The van der Waals surface area contributed by atoms with Crippen molar-refractivity contribution in [2.24, 2.45) is 5.73 Å². The summed E-state index contributed by atoms with van der Waals surface area (Å²) in [6.45, 7) is 1.99.